The minimum absolute atomic E-state index is 0.0542. The van der Waals surface area contributed by atoms with Crippen molar-refractivity contribution in [1.82, 2.24) is 4.31 Å². The second-order valence-corrected chi connectivity index (χ2v) is 12.9. The van der Waals surface area contributed by atoms with Crippen molar-refractivity contribution in [2.45, 2.75) is 30.4 Å². The van der Waals surface area contributed by atoms with Crippen LogP contribution >= 0.6 is 0 Å². The maximum absolute atomic E-state index is 12.9. The van der Waals surface area contributed by atoms with E-state index in [9.17, 15) is 21.6 Å². The van der Waals surface area contributed by atoms with E-state index in [1.165, 1.54) is 35.7 Å². The number of benzene rings is 3. The van der Waals surface area contributed by atoms with Gasteiger partial charge in [-0.15, -0.1) is 0 Å². The highest BCUT2D eigenvalue weighted by Crippen LogP contribution is 2.25. The smallest absolute Gasteiger partial charge is 0.261 e. The summed E-state index contributed by atoms with van der Waals surface area (Å²) in [6.45, 7) is 2.45. The first kappa shape index (κ1) is 27.6. The summed E-state index contributed by atoms with van der Waals surface area (Å²) in [4.78, 5) is 12.9. The second kappa shape index (κ2) is 11.5. The molecule has 202 valence electrons. The quantitative estimate of drug-likeness (QED) is 0.410. The molecule has 9 nitrogen and oxygen atoms in total. The van der Waals surface area contributed by atoms with Gasteiger partial charge in [0.2, 0.25) is 15.9 Å². The summed E-state index contributed by atoms with van der Waals surface area (Å²) in [5.41, 5.74) is 2.57. The monoisotopic (exact) mass is 557 g/mol. The van der Waals surface area contributed by atoms with Crippen molar-refractivity contribution < 1.29 is 26.4 Å². The first-order valence-corrected chi connectivity index (χ1v) is 15.3. The van der Waals surface area contributed by atoms with E-state index in [0.29, 0.717) is 30.0 Å². The van der Waals surface area contributed by atoms with Crippen molar-refractivity contribution in [2.24, 2.45) is 5.92 Å². The first-order chi connectivity index (χ1) is 18.1. The molecule has 0 bridgehead atoms. The average molecular weight is 558 g/mol. The first-order valence-electron chi connectivity index (χ1n) is 12.2. The zero-order valence-electron chi connectivity index (χ0n) is 21.3. The number of nitrogens with one attached hydrogen (secondary N) is 2. The Hall–Kier alpha value is -3.41. The molecule has 11 heteroatoms. The molecule has 1 aliphatic heterocycles. The number of sulfonamides is 2. The Bertz CT molecular complexity index is 1480. The van der Waals surface area contributed by atoms with Crippen molar-refractivity contribution in [3.8, 4) is 5.75 Å². The van der Waals surface area contributed by atoms with Crippen LogP contribution in [-0.2, 0) is 30.6 Å². The van der Waals surface area contributed by atoms with Gasteiger partial charge in [-0.2, -0.15) is 0 Å². The molecule has 1 saturated heterocycles. The van der Waals surface area contributed by atoms with Crippen molar-refractivity contribution in [2.75, 3.05) is 30.2 Å². The van der Waals surface area contributed by atoms with Gasteiger partial charge in [-0.1, -0.05) is 24.3 Å². The largest absolute Gasteiger partial charge is 0.497 e. The number of ether oxygens (including phenoxy) is 1. The highest BCUT2D eigenvalue weighted by atomic mass is 32.2. The minimum Gasteiger partial charge on any atom is -0.497 e. The number of nitrogens with zero attached hydrogens (tertiary/aromatic N) is 1. The van der Waals surface area contributed by atoms with E-state index < -0.39 is 20.0 Å². The van der Waals surface area contributed by atoms with Gasteiger partial charge in [0.25, 0.3) is 10.0 Å². The van der Waals surface area contributed by atoms with Gasteiger partial charge in [0, 0.05) is 30.4 Å². The number of hydrogen-bond acceptors (Lipinski definition) is 6. The number of amides is 1. The van der Waals surface area contributed by atoms with E-state index >= 15 is 0 Å². The number of rotatable bonds is 9. The van der Waals surface area contributed by atoms with Crippen molar-refractivity contribution >= 4 is 37.3 Å². The average Bonchev–Trinajstić information content (AvgIpc) is 2.90. The molecule has 0 spiro atoms. The Morgan fingerprint density at radius 3 is 2.11 bits per heavy atom. The summed E-state index contributed by atoms with van der Waals surface area (Å²) < 4.78 is 60.2. The molecule has 0 aliphatic carbocycles. The van der Waals surface area contributed by atoms with Crippen LogP contribution in [0.3, 0.4) is 0 Å². The molecule has 0 aromatic heterocycles. The third-order valence-electron chi connectivity index (χ3n) is 6.59. The third kappa shape index (κ3) is 6.72. The zero-order valence-corrected chi connectivity index (χ0v) is 22.9. The van der Waals surface area contributed by atoms with Gasteiger partial charge in [-0.25, -0.2) is 21.1 Å². The number of carbonyl (C=O) groups excluding carboxylic acids is 1. The number of piperidine rings is 1. The van der Waals surface area contributed by atoms with E-state index in [0.717, 1.165) is 11.1 Å². The molecule has 38 heavy (non-hydrogen) atoms. The van der Waals surface area contributed by atoms with Crippen LogP contribution < -0.4 is 14.8 Å². The standard InChI is InChI=1S/C27H31N3O6S2/c1-20-5-3-4-6-22(20)19-37(32,33)30-17-15-21(16-18-30)27(31)28-23-9-13-26(14-10-23)38(34,35)29-24-7-11-25(36-2)12-8-24/h3-14,21,29H,15-19H2,1-2H3,(H,28,31). The van der Waals surface area contributed by atoms with Gasteiger partial charge in [0.1, 0.15) is 5.75 Å². The summed E-state index contributed by atoms with van der Waals surface area (Å²) in [5.74, 6) is 0.00892. The molecule has 1 fully saturated rings. The highest BCUT2D eigenvalue weighted by Gasteiger charge is 2.31. The molecule has 0 radical (unpaired) electrons. The van der Waals surface area contributed by atoms with E-state index in [1.807, 2.05) is 31.2 Å². The van der Waals surface area contributed by atoms with Gasteiger partial charge in [-0.3, -0.25) is 9.52 Å². The van der Waals surface area contributed by atoms with E-state index in [2.05, 4.69) is 10.0 Å². The summed E-state index contributed by atoms with van der Waals surface area (Å²) in [5, 5.41) is 2.82. The van der Waals surface area contributed by atoms with Crippen molar-refractivity contribution in [3.05, 3.63) is 83.9 Å². The highest BCUT2D eigenvalue weighted by molar-refractivity contribution is 7.92. The minimum atomic E-state index is -3.81. The Labute approximate surface area is 223 Å². The summed E-state index contributed by atoms with van der Waals surface area (Å²) in [7, 11) is -5.76. The predicted octanol–water partition coefficient (Wildman–Crippen LogP) is 3.98. The second-order valence-electron chi connectivity index (χ2n) is 9.20. The Morgan fingerprint density at radius 1 is 0.895 bits per heavy atom. The molecule has 1 amide bonds. The fourth-order valence-corrected chi connectivity index (χ4v) is 7.02. The van der Waals surface area contributed by atoms with E-state index in [-0.39, 0.29) is 35.6 Å². The number of carbonyl (C=O) groups is 1. The molecule has 2 N–H and O–H groups in total. The third-order valence-corrected chi connectivity index (χ3v) is 9.82. The van der Waals surface area contributed by atoms with Gasteiger partial charge < -0.3 is 10.1 Å². The zero-order chi connectivity index (χ0) is 27.3. The number of anilines is 2. The number of aryl methyl sites for hydroxylation is 1. The normalized spacial score (nSPS) is 15.1. The van der Waals surface area contributed by atoms with E-state index in [4.69, 9.17) is 4.74 Å². The van der Waals surface area contributed by atoms with Crippen LogP contribution in [-0.4, -0.2) is 47.2 Å². The molecule has 3 aromatic rings. The molecule has 0 atom stereocenters. The molecule has 3 aromatic carbocycles. The lowest BCUT2D eigenvalue weighted by Crippen LogP contribution is -2.41. The lowest BCUT2D eigenvalue weighted by molar-refractivity contribution is -0.120. The van der Waals surface area contributed by atoms with E-state index in [1.54, 1.807) is 24.3 Å². The molecular weight excluding hydrogens is 526 g/mol. The molecular formula is C27H31N3O6S2. The van der Waals surface area contributed by atoms with Crippen LogP contribution in [0.25, 0.3) is 0 Å². The SMILES string of the molecule is COc1ccc(NS(=O)(=O)c2ccc(NC(=O)C3CCN(S(=O)(=O)Cc4ccccc4C)CC3)cc2)cc1. The summed E-state index contributed by atoms with van der Waals surface area (Å²) in [6.07, 6.45) is 0.828. The lowest BCUT2D eigenvalue weighted by Gasteiger charge is -2.30. The van der Waals surface area contributed by atoms with Crippen LogP contribution in [0.5, 0.6) is 5.75 Å². The maximum atomic E-state index is 12.9. The number of methoxy groups -OCH3 is 1. The molecule has 1 heterocycles. The summed E-state index contributed by atoms with van der Waals surface area (Å²) in [6, 6.07) is 19.8. The van der Waals surface area contributed by atoms with Crippen LogP contribution in [0, 0.1) is 12.8 Å². The van der Waals surface area contributed by atoms with Crippen LogP contribution in [0.2, 0.25) is 0 Å². The fourth-order valence-electron chi connectivity index (χ4n) is 4.29. The van der Waals surface area contributed by atoms with Gasteiger partial charge in [-0.05, 0) is 79.4 Å². The van der Waals surface area contributed by atoms with Crippen LogP contribution in [0.1, 0.15) is 24.0 Å². The van der Waals surface area contributed by atoms with Crippen molar-refractivity contribution in [3.63, 3.8) is 0 Å². The van der Waals surface area contributed by atoms with Crippen LogP contribution in [0.4, 0.5) is 11.4 Å². The van der Waals surface area contributed by atoms with Crippen LogP contribution in [0.15, 0.2) is 77.7 Å². The van der Waals surface area contributed by atoms with Gasteiger partial charge >= 0.3 is 0 Å². The summed E-state index contributed by atoms with van der Waals surface area (Å²) >= 11 is 0. The van der Waals surface area contributed by atoms with Gasteiger partial charge in [0.15, 0.2) is 0 Å². The predicted molar refractivity (Wildman–Crippen MR) is 147 cm³/mol. The molecule has 1 aliphatic rings. The molecule has 4 rings (SSSR count). The Kier molecular flexibility index (Phi) is 8.39. The Balaban J connectivity index is 1.31. The topological polar surface area (TPSA) is 122 Å². The number of hydrogen-bond donors (Lipinski definition) is 2. The van der Waals surface area contributed by atoms with Crippen molar-refractivity contribution in [1.29, 1.82) is 0 Å². The molecule has 0 unspecified atom stereocenters. The molecule has 0 saturated carbocycles. The van der Waals surface area contributed by atoms with Gasteiger partial charge in [0.05, 0.1) is 17.8 Å². The lowest BCUT2D eigenvalue weighted by atomic mass is 9.97. The fraction of sp³-hybridized carbons (Fsp3) is 0.296. The maximum Gasteiger partial charge on any atom is 0.261 e. The Morgan fingerprint density at radius 2 is 1.50 bits per heavy atom.